The number of hydrogen-bond acceptors (Lipinski definition) is 2. The quantitative estimate of drug-likeness (QED) is 0.800. The summed E-state index contributed by atoms with van der Waals surface area (Å²) in [5.74, 6) is 0.100. The van der Waals surface area contributed by atoms with Crippen molar-refractivity contribution in [3.05, 3.63) is 35.9 Å². The van der Waals surface area contributed by atoms with E-state index in [1.807, 2.05) is 32.0 Å². The number of carbonyl (C=O) groups is 1. The molecule has 0 N–H and O–H groups in total. The molecule has 0 bridgehead atoms. The predicted octanol–water partition coefficient (Wildman–Crippen LogP) is 2.56. The minimum Gasteiger partial charge on any atom is -0.272 e. The zero-order chi connectivity index (χ0) is 12.3. The second kappa shape index (κ2) is 4.88. The largest absolute Gasteiger partial charge is 0.272 e. The molecule has 0 aliphatic carbocycles. The van der Waals surface area contributed by atoms with Gasteiger partial charge in [-0.15, -0.1) is 0 Å². The van der Waals surface area contributed by atoms with E-state index in [2.05, 4.69) is 12.1 Å². The Morgan fingerprint density at radius 3 is 2.65 bits per heavy atom. The van der Waals surface area contributed by atoms with E-state index in [4.69, 9.17) is 4.84 Å². The first-order chi connectivity index (χ1) is 8.13. The highest BCUT2D eigenvalue weighted by Gasteiger charge is 2.40. The van der Waals surface area contributed by atoms with Crippen molar-refractivity contribution in [2.75, 3.05) is 6.54 Å². The average Bonchev–Trinajstić information content (AvgIpc) is 2.64. The number of benzene rings is 1. The van der Waals surface area contributed by atoms with Crippen LogP contribution in [-0.4, -0.2) is 23.1 Å². The fourth-order valence-electron chi connectivity index (χ4n) is 2.19. The molecule has 0 saturated carbocycles. The molecule has 1 aliphatic rings. The Hall–Kier alpha value is -1.35. The topological polar surface area (TPSA) is 29.5 Å². The molecule has 3 nitrogen and oxygen atoms in total. The molecule has 1 saturated heterocycles. The first-order valence-corrected chi connectivity index (χ1v) is 6.16. The van der Waals surface area contributed by atoms with Crippen LogP contribution in [0.4, 0.5) is 0 Å². The Labute approximate surface area is 102 Å². The minimum atomic E-state index is -0.330. The molecule has 1 unspecified atom stereocenters. The van der Waals surface area contributed by atoms with Crippen LogP contribution < -0.4 is 0 Å². The monoisotopic (exact) mass is 233 g/mol. The average molecular weight is 233 g/mol. The van der Waals surface area contributed by atoms with E-state index < -0.39 is 0 Å². The van der Waals surface area contributed by atoms with Gasteiger partial charge >= 0.3 is 0 Å². The van der Waals surface area contributed by atoms with E-state index in [9.17, 15) is 4.79 Å². The lowest BCUT2D eigenvalue weighted by atomic mass is 9.94. The maximum atomic E-state index is 11.6. The molecule has 0 spiro atoms. The Kier molecular flexibility index (Phi) is 3.48. The molecule has 92 valence electrons. The molecule has 1 heterocycles. The van der Waals surface area contributed by atoms with Crippen LogP contribution in [0.5, 0.6) is 0 Å². The van der Waals surface area contributed by atoms with Crippen molar-refractivity contribution in [2.45, 2.75) is 38.7 Å². The van der Waals surface area contributed by atoms with Crippen molar-refractivity contribution in [1.29, 1.82) is 0 Å². The predicted molar refractivity (Wildman–Crippen MR) is 66.3 cm³/mol. The van der Waals surface area contributed by atoms with Crippen molar-refractivity contribution in [1.82, 2.24) is 5.06 Å². The van der Waals surface area contributed by atoms with Gasteiger partial charge in [0.25, 0.3) is 0 Å². The van der Waals surface area contributed by atoms with E-state index >= 15 is 0 Å². The fourth-order valence-corrected chi connectivity index (χ4v) is 2.19. The van der Waals surface area contributed by atoms with Gasteiger partial charge < -0.3 is 0 Å². The molecule has 2 rings (SSSR count). The van der Waals surface area contributed by atoms with Crippen molar-refractivity contribution in [2.24, 2.45) is 0 Å². The second-order valence-electron chi connectivity index (χ2n) is 4.79. The second-order valence-corrected chi connectivity index (χ2v) is 4.79. The number of hydroxylamine groups is 2. The van der Waals surface area contributed by atoms with Crippen LogP contribution >= 0.6 is 0 Å². The lowest BCUT2D eigenvalue weighted by molar-refractivity contribution is -0.194. The van der Waals surface area contributed by atoms with Crippen LogP contribution in [0.2, 0.25) is 0 Å². The summed E-state index contributed by atoms with van der Waals surface area (Å²) < 4.78 is 0. The number of aryl methyl sites for hydroxylation is 1. The summed E-state index contributed by atoms with van der Waals surface area (Å²) in [6.45, 7) is 4.57. The number of amides is 1. The zero-order valence-corrected chi connectivity index (χ0v) is 10.5. The van der Waals surface area contributed by atoms with Crippen LogP contribution in [0, 0.1) is 0 Å². The van der Waals surface area contributed by atoms with Crippen molar-refractivity contribution in [3.8, 4) is 0 Å². The Balaban J connectivity index is 1.93. The van der Waals surface area contributed by atoms with Crippen molar-refractivity contribution < 1.29 is 9.63 Å². The molecule has 0 aromatic heterocycles. The van der Waals surface area contributed by atoms with E-state index in [0.29, 0.717) is 13.0 Å². The number of carbonyl (C=O) groups excluding carboxylic acids is 1. The first kappa shape index (κ1) is 12.1. The molecule has 3 heteroatoms. The van der Waals surface area contributed by atoms with Crippen LogP contribution in [0.15, 0.2) is 30.3 Å². The maximum Gasteiger partial charge on any atom is 0.249 e. The minimum absolute atomic E-state index is 0.100. The van der Waals surface area contributed by atoms with Crippen LogP contribution in [0.1, 0.15) is 32.3 Å². The number of hydrogen-bond donors (Lipinski definition) is 0. The van der Waals surface area contributed by atoms with E-state index in [-0.39, 0.29) is 11.5 Å². The van der Waals surface area contributed by atoms with Gasteiger partial charge in [-0.1, -0.05) is 30.3 Å². The summed E-state index contributed by atoms with van der Waals surface area (Å²) in [5, 5.41) is 1.48. The first-order valence-electron chi connectivity index (χ1n) is 6.16. The Morgan fingerprint density at radius 2 is 2.06 bits per heavy atom. The summed E-state index contributed by atoms with van der Waals surface area (Å²) in [5.41, 5.74) is 0.961. The zero-order valence-electron chi connectivity index (χ0n) is 10.5. The van der Waals surface area contributed by atoms with E-state index in [0.717, 1.165) is 12.8 Å². The summed E-state index contributed by atoms with van der Waals surface area (Å²) >= 11 is 0. The molecular formula is C14H19NO2. The van der Waals surface area contributed by atoms with Gasteiger partial charge in [0, 0.05) is 6.54 Å². The maximum absolute atomic E-state index is 11.6. The van der Waals surface area contributed by atoms with Crippen LogP contribution in [-0.2, 0) is 16.1 Å². The van der Waals surface area contributed by atoms with Crippen molar-refractivity contribution >= 4 is 5.91 Å². The highest BCUT2D eigenvalue weighted by molar-refractivity contribution is 5.77. The van der Waals surface area contributed by atoms with Gasteiger partial charge in [0.2, 0.25) is 5.91 Å². The van der Waals surface area contributed by atoms with Crippen LogP contribution in [0.25, 0.3) is 0 Å². The van der Waals surface area contributed by atoms with Gasteiger partial charge in [-0.2, -0.15) is 0 Å². The van der Waals surface area contributed by atoms with Crippen molar-refractivity contribution in [3.63, 3.8) is 0 Å². The lowest BCUT2D eigenvalue weighted by Gasteiger charge is -2.23. The molecule has 1 fully saturated rings. The van der Waals surface area contributed by atoms with E-state index in [1.165, 1.54) is 10.6 Å². The van der Waals surface area contributed by atoms with E-state index in [1.54, 1.807) is 0 Å². The van der Waals surface area contributed by atoms with Gasteiger partial charge in [0.05, 0.1) is 6.42 Å². The third-order valence-electron chi connectivity index (χ3n) is 3.21. The lowest BCUT2D eigenvalue weighted by Crippen LogP contribution is -2.28. The third-order valence-corrected chi connectivity index (χ3v) is 3.21. The third kappa shape index (κ3) is 2.86. The molecule has 1 aromatic carbocycles. The van der Waals surface area contributed by atoms with Gasteiger partial charge in [0.15, 0.2) is 0 Å². The Morgan fingerprint density at radius 1 is 1.35 bits per heavy atom. The normalized spacial score (nSPS) is 24.4. The Bertz CT molecular complexity index is 390. The summed E-state index contributed by atoms with van der Waals surface area (Å²) in [6, 6.07) is 10.3. The SMILES string of the molecule is CCN1OC(C)(CCc2ccccc2)CC1=O. The molecular weight excluding hydrogens is 214 g/mol. The molecule has 1 amide bonds. The molecule has 17 heavy (non-hydrogen) atoms. The van der Waals surface area contributed by atoms with Gasteiger partial charge in [0.1, 0.15) is 5.60 Å². The molecule has 1 aromatic rings. The summed E-state index contributed by atoms with van der Waals surface area (Å²) in [4.78, 5) is 17.3. The molecule has 1 atom stereocenters. The highest BCUT2D eigenvalue weighted by atomic mass is 16.7. The van der Waals surface area contributed by atoms with Gasteiger partial charge in [-0.25, -0.2) is 5.06 Å². The smallest absolute Gasteiger partial charge is 0.249 e. The molecule has 0 radical (unpaired) electrons. The molecule has 1 aliphatic heterocycles. The number of nitrogens with zero attached hydrogens (tertiary/aromatic N) is 1. The fraction of sp³-hybridized carbons (Fsp3) is 0.500. The standard InChI is InChI=1S/C14H19NO2/c1-3-15-13(16)11-14(2,17-15)10-9-12-7-5-4-6-8-12/h4-8H,3,9-11H2,1-2H3. The highest BCUT2D eigenvalue weighted by Crippen LogP contribution is 2.30. The summed E-state index contributed by atoms with van der Waals surface area (Å²) in [7, 11) is 0. The van der Waals surface area contributed by atoms with Gasteiger partial charge in [-0.05, 0) is 32.3 Å². The number of rotatable bonds is 4. The van der Waals surface area contributed by atoms with Crippen LogP contribution in [0.3, 0.4) is 0 Å². The van der Waals surface area contributed by atoms with Gasteiger partial charge in [-0.3, -0.25) is 9.63 Å². The summed E-state index contributed by atoms with van der Waals surface area (Å²) in [6.07, 6.45) is 2.31.